The third-order valence-electron chi connectivity index (χ3n) is 5.07. The highest BCUT2D eigenvalue weighted by molar-refractivity contribution is 7.15. The van der Waals surface area contributed by atoms with Gasteiger partial charge in [-0.05, 0) is 50.1 Å². The van der Waals surface area contributed by atoms with E-state index in [0.29, 0.717) is 21.2 Å². The van der Waals surface area contributed by atoms with Crippen LogP contribution in [0.5, 0.6) is 0 Å². The summed E-state index contributed by atoms with van der Waals surface area (Å²) in [6.45, 7) is 5.46. The third-order valence-corrected chi connectivity index (χ3v) is 6.65. The van der Waals surface area contributed by atoms with Crippen molar-refractivity contribution in [3.8, 4) is 0 Å². The minimum Gasteiger partial charge on any atom is -0.507 e. The Labute approximate surface area is 192 Å². The van der Waals surface area contributed by atoms with Crippen LogP contribution in [0.3, 0.4) is 0 Å². The summed E-state index contributed by atoms with van der Waals surface area (Å²) >= 11 is 13.5. The summed E-state index contributed by atoms with van der Waals surface area (Å²) < 4.78 is 0. The summed E-state index contributed by atoms with van der Waals surface area (Å²) in [7, 11) is 0. The Morgan fingerprint density at radius 1 is 1.03 bits per heavy atom. The van der Waals surface area contributed by atoms with Gasteiger partial charge in [-0.15, -0.1) is 10.2 Å². The maximum atomic E-state index is 13.1. The molecule has 31 heavy (non-hydrogen) atoms. The zero-order chi connectivity index (χ0) is 22.4. The van der Waals surface area contributed by atoms with Crippen LogP contribution in [0.25, 0.3) is 5.76 Å². The van der Waals surface area contributed by atoms with E-state index in [1.54, 1.807) is 31.2 Å². The first-order valence-electron chi connectivity index (χ1n) is 9.32. The van der Waals surface area contributed by atoms with Crippen LogP contribution in [0.15, 0.2) is 42.0 Å². The number of hydrogen-bond acceptors (Lipinski definition) is 6. The molecule has 2 aromatic carbocycles. The zero-order valence-corrected chi connectivity index (χ0v) is 19.1. The number of carbonyl (C=O) groups is 2. The summed E-state index contributed by atoms with van der Waals surface area (Å²) in [5, 5.41) is 20.8. The average molecular weight is 474 g/mol. The third kappa shape index (κ3) is 3.73. The number of ketones is 1. The lowest BCUT2D eigenvalue weighted by Gasteiger charge is -2.23. The number of amides is 1. The number of benzene rings is 2. The molecule has 1 N–H and O–H groups in total. The summed E-state index contributed by atoms with van der Waals surface area (Å²) in [5.41, 5.74) is 2.65. The molecule has 158 valence electrons. The number of aliphatic hydroxyl groups is 1. The predicted molar refractivity (Wildman–Crippen MR) is 122 cm³/mol. The van der Waals surface area contributed by atoms with E-state index in [0.717, 1.165) is 11.1 Å². The van der Waals surface area contributed by atoms with Crippen LogP contribution in [0, 0.1) is 20.8 Å². The molecular formula is C22H17Cl2N3O3S. The van der Waals surface area contributed by atoms with Gasteiger partial charge in [-0.2, -0.15) is 0 Å². The van der Waals surface area contributed by atoms with Gasteiger partial charge in [0.05, 0.1) is 21.7 Å². The predicted octanol–water partition coefficient (Wildman–Crippen LogP) is 5.40. The van der Waals surface area contributed by atoms with Gasteiger partial charge in [-0.25, -0.2) is 0 Å². The Morgan fingerprint density at radius 3 is 2.42 bits per heavy atom. The Balaban J connectivity index is 2.00. The van der Waals surface area contributed by atoms with Crippen molar-refractivity contribution in [1.82, 2.24) is 10.2 Å². The first-order chi connectivity index (χ1) is 14.7. The molecular weight excluding hydrogens is 457 g/mol. The number of Topliss-reactive ketones (excluding diaryl/α,β-unsaturated/α-hetero) is 1. The largest absolute Gasteiger partial charge is 0.507 e. The number of anilines is 1. The normalized spacial score (nSPS) is 18.1. The van der Waals surface area contributed by atoms with Gasteiger partial charge in [-0.1, -0.05) is 58.3 Å². The second kappa shape index (κ2) is 8.07. The lowest BCUT2D eigenvalue weighted by molar-refractivity contribution is -0.132. The van der Waals surface area contributed by atoms with E-state index in [1.165, 1.54) is 16.2 Å². The number of aryl methyl sites for hydroxylation is 3. The van der Waals surface area contributed by atoms with Crippen LogP contribution in [0.1, 0.15) is 33.3 Å². The summed E-state index contributed by atoms with van der Waals surface area (Å²) in [6.07, 6.45) is 0. The van der Waals surface area contributed by atoms with Gasteiger partial charge in [0.1, 0.15) is 10.8 Å². The molecule has 0 bridgehead atoms. The molecule has 3 aromatic rings. The first kappa shape index (κ1) is 21.5. The lowest BCUT2D eigenvalue weighted by atomic mass is 9.93. The fraction of sp³-hybridized carbons (Fsp3) is 0.182. The average Bonchev–Trinajstić information content (AvgIpc) is 3.26. The summed E-state index contributed by atoms with van der Waals surface area (Å²) in [6, 6.07) is 9.44. The van der Waals surface area contributed by atoms with Crippen LogP contribution >= 0.6 is 34.5 Å². The number of carbonyl (C=O) groups excluding carboxylic acids is 2. The van der Waals surface area contributed by atoms with Crippen molar-refractivity contribution in [2.75, 3.05) is 4.90 Å². The summed E-state index contributed by atoms with van der Waals surface area (Å²) in [5.74, 6) is -1.85. The second-order valence-corrected chi connectivity index (χ2v) is 9.24. The zero-order valence-electron chi connectivity index (χ0n) is 16.8. The molecule has 9 heteroatoms. The van der Waals surface area contributed by atoms with Crippen LogP contribution in [0.2, 0.25) is 10.0 Å². The standard InChI is InChI=1S/C22H17Cl2N3O3S/c1-10-4-5-11(2)14(8-10)19(28)17-18(13-6-7-15(23)16(24)9-13)27(21(30)20(17)29)22-26-25-12(3)31-22/h4-9,18,28H,1-3H3/b19-17+. The van der Waals surface area contributed by atoms with Crippen molar-refractivity contribution in [3.05, 3.63) is 79.3 Å². The second-order valence-electron chi connectivity index (χ2n) is 7.26. The van der Waals surface area contributed by atoms with E-state index in [2.05, 4.69) is 10.2 Å². The Kier molecular flexibility index (Phi) is 5.60. The number of nitrogens with zero attached hydrogens (tertiary/aromatic N) is 3. The number of rotatable bonds is 3. The van der Waals surface area contributed by atoms with E-state index in [-0.39, 0.29) is 21.5 Å². The van der Waals surface area contributed by atoms with E-state index in [4.69, 9.17) is 23.2 Å². The SMILES string of the molecule is Cc1ccc(C)c(/C(O)=C2\C(=O)C(=O)N(c3nnc(C)s3)C2c2ccc(Cl)c(Cl)c2)c1. The van der Waals surface area contributed by atoms with Crippen molar-refractivity contribution in [3.63, 3.8) is 0 Å². The van der Waals surface area contributed by atoms with Gasteiger partial charge < -0.3 is 5.11 Å². The molecule has 6 nitrogen and oxygen atoms in total. The van der Waals surface area contributed by atoms with Crippen LogP contribution in [-0.4, -0.2) is 27.0 Å². The minimum atomic E-state index is -0.929. The molecule has 0 saturated carbocycles. The van der Waals surface area contributed by atoms with E-state index in [9.17, 15) is 14.7 Å². The lowest BCUT2D eigenvalue weighted by Crippen LogP contribution is -2.29. The van der Waals surface area contributed by atoms with Gasteiger partial charge in [0.25, 0.3) is 5.78 Å². The van der Waals surface area contributed by atoms with Crippen molar-refractivity contribution < 1.29 is 14.7 Å². The highest BCUT2D eigenvalue weighted by atomic mass is 35.5. The maximum absolute atomic E-state index is 13.1. The molecule has 2 heterocycles. The van der Waals surface area contributed by atoms with Crippen LogP contribution in [0.4, 0.5) is 5.13 Å². The maximum Gasteiger partial charge on any atom is 0.301 e. The van der Waals surface area contributed by atoms with Gasteiger partial charge in [0.2, 0.25) is 5.13 Å². The molecule has 0 spiro atoms. The fourth-order valence-corrected chi connectivity index (χ4v) is 4.57. The minimum absolute atomic E-state index is 0.0371. The van der Waals surface area contributed by atoms with Gasteiger partial charge in [0.15, 0.2) is 0 Å². The highest BCUT2D eigenvalue weighted by Crippen LogP contribution is 2.44. The molecule has 1 unspecified atom stereocenters. The Hall–Kier alpha value is -2.74. The van der Waals surface area contributed by atoms with Crippen molar-refractivity contribution in [2.45, 2.75) is 26.8 Å². The molecule has 0 radical (unpaired) electrons. The molecule has 1 saturated heterocycles. The number of halogens is 2. The van der Waals surface area contributed by atoms with Gasteiger partial charge in [0, 0.05) is 5.56 Å². The fourth-order valence-electron chi connectivity index (χ4n) is 3.55. The highest BCUT2D eigenvalue weighted by Gasteiger charge is 2.48. The van der Waals surface area contributed by atoms with E-state index < -0.39 is 17.7 Å². The van der Waals surface area contributed by atoms with Crippen molar-refractivity contribution in [2.24, 2.45) is 0 Å². The van der Waals surface area contributed by atoms with Gasteiger partial charge in [-0.3, -0.25) is 14.5 Å². The monoisotopic (exact) mass is 473 g/mol. The number of aromatic nitrogens is 2. The molecule has 1 aliphatic heterocycles. The number of hydrogen-bond donors (Lipinski definition) is 1. The van der Waals surface area contributed by atoms with Crippen molar-refractivity contribution in [1.29, 1.82) is 0 Å². The summed E-state index contributed by atoms with van der Waals surface area (Å²) in [4.78, 5) is 27.4. The van der Waals surface area contributed by atoms with Crippen molar-refractivity contribution >= 4 is 57.1 Å². The van der Waals surface area contributed by atoms with E-state index in [1.807, 2.05) is 26.0 Å². The molecule has 1 fully saturated rings. The quantitative estimate of drug-likeness (QED) is 0.312. The molecule has 4 rings (SSSR count). The molecule has 1 amide bonds. The Morgan fingerprint density at radius 2 is 1.77 bits per heavy atom. The first-order valence-corrected chi connectivity index (χ1v) is 10.9. The molecule has 1 atom stereocenters. The smallest absolute Gasteiger partial charge is 0.301 e. The number of aliphatic hydroxyl groups excluding tert-OH is 1. The van der Waals surface area contributed by atoms with Gasteiger partial charge >= 0.3 is 5.91 Å². The molecule has 0 aliphatic carbocycles. The molecule has 1 aromatic heterocycles. The van der Waals surface area contributed by atoms with Crippen LogP contribution < -0.4 is 4.90 Å². The van der Waals surface area contributed by atoms with E-state index >= 15 is 0 Å². The topological polar surface area (TPSA) is 83.4 Å². The van der Waals surface area contributed by atoms with Crippen LogP contribution in [-0.2, 0) is 9.59 Å². The molecule has 1 aliphatic rings. The Bertz CT molecular complexity index is 1270.